The normalized spacial score (nSPS) is 19.0. The van der Waals surface area contributed by atoms with Gasteiger partial charge in [-0.25, -0.2) is 4.79 Å². The highest BCUT2D eigenvalue weighted by Gasteiger charge is 2.17. The number of carbonyl (C=O) groups is 1. The monoisotopic (exact) mass is 170 g/mol. The van der Waals surface area contributed by atoms with Crippen LogP contribution < -0.4 is 5.32 Å². The minimum atomic E-state index is -1.08. The fraction of sp³-hybridized carbons (Fsp3) is 0.750. The van der Waals surface area contributed by atoms with Crippen molar-refractivity contribution < 1.29 is 9.90 Å². The smallest absolute Gasteiger partial charge is 0.349 e. The summed E-state index contributed by atoms with van der Waals surface area (Å²) in [5, 5.41) is 18.8. The molecule has 1 rings (SSSR count). The number of carboxylic acids is 1. The molecule has 1 heterocycles. The van der Waals surface area contributed by atoms with E-state index in [4.69, 9.17) is 10.5 Å². The molecule has 0 radical (unpaired) electrons. The third-order valence-electron chi connectivity index (χ3n) is 2.21. The van der Waals surface area contributed by atoms with E-state index < -0.39 is 5.97 Å². The third kappa shape index (κ3) is 2.62. The van der Waals surface area contributed by atoms with Crippen LogP contribution in [0, 0.1) is 11.3 Å². The van der Waals surface area contributed by atoms with Gasteiger partial charge in [-0.15, -0.1) is 0 Å². The van der Waals surface area contributed by atoms with Gasteiger partial charge in [0.25, 0.3) is 0 Å². The zero-order valence-corrected chi connectivity index (χ0v) is 6.97. The van der Waals surface area contributed by atoms with Gasteiger partial charge in [-0.3, -0.25) is 5.41 Å². The number of carboxylic acid groups (broad SMARTS) is 1. The highest BCUT2D eigenvalue weighted by molar-refractivity contribution is 6.34. The van der Waals surface area contributed by atoms with Gasteiger partial charge in [0.15, 0.2) is 0 Å². The summed E-state index contributed by atoms with van der Waals surface area (Å²) < 4.78 is 0. The van der Waals surface area contributed by atoms with Crippen molar-refractivity contribution in [2.45, 2.75) is 19.3 Å². The van der Waals surface area contributed by atoms with E-state index in [0.29, 0.717) is 12.3 Å². The number of aliphatic carboxylic acids is 1. The zero-order chi connectivity index (χ0) is 8.97. The molecule has 0 saturated carbocycles. The van der Waals surface area contributed by atoms with Crippen molar-refractivity contribution >= 4 is 11.7 Å². The molecule has 4 heteroatoms. The summed E-state index contributed by atoms with van der Waals surface area (Å²) in [6.07, 6.45) is 2.42. The Morgan fingerprint density at radius 1 is 1.50 bits per heavy atom. The number of piperidine rings is 1. The van der Waals surface area contributed by atoms with Gasteiger partial charge in [0.1, 0.15) is 5.71 Å². The number of hydrogen-bond acceptors (Lipinski definition) is 3. The van der Waals surface area contributed by atoms with Gasteiger partial charge in [0.2, 0.25) is 0 Å². The molecule has 0 amide bonds. The van der Waals surface area contributed by atoms with Crippen molar-refractivity contribution in [2.24, 2.45) is 5.92 Å². The highest BCUT2D eigenvalue weighted by atomic mass is 16.4. The largest absolute Gasteiger partial charge is 0.477 e. The zero-order valence-electron chi connectivity index (χ0n) is 6.97. The van der Waals surface area contributed by atoms with Gasteiger partial charge in [-0.05, 0) is 38.3 Å². The van der Waals surface area contributed by atoms with E-state index in [1.165, 1.54) is 0 Å². The standard InChI is InChI=1S/C8H14N2O2/c9-7(8(11)12)5-6-1-3-10-4-2-6/h6,9-10H,1-5H2,(H,11,12). The molecule has 0 aromatic carbocycles. The predicted octanol–water partition coefficient (Wildman–Crippen LogP) is 0.480. The van der Waals surface area contributed by atoms with E-state index in [2.05, 4.69) is 5.32 Å². The van der Waals surface area contributed by atoms with Crippen molar-refractivity contribution in [1.82, 2.24) is 5.32 Å². The van der Waals surface area contributed by atoms with E-state index in [0.717, 1.165) is 25.9 Å². The maximum absolute atomic E-state index is 10.3. The van der Waals surface area contributed by atoms with Gasteiger partial charge in [-0.2, -0.15) is 0 Å². The van der Waals surface area contributed by atoms with E-state index in [-0.39, 0.29) is 5.71 Å². The van der Waals surface area contributed by atoms with Crippen molar-refractivity contribution in [3.8, 4) is 0 Å². The molecule has 1 fully saturated rings. The minimum absolute atomic E-state index is 0.151. The number of nitrogens with one attached hydrogen (secondary N) is 2. The molecule has 4 nitrogen and oxygen atoms in total. The third-order valence-corrected chi connectivity index (χ3v) is 2.21. The summed E-state index contributed by atoms with van der Waals surface area (Å²) in [7, 11) is 0. The fourth-order valence-electron chi connectivity index (χ4n) is 1.46. The van der Waals surface area contributed by atoms with Crippen LogP contribution >= 0.6 is 0 Å². The molecule has 1 saturated heterocycles. The van der Waals surface area contributed by atoms with Crippen LogP contribution in [0.4, 0.5) is 0 Å². The second-order valence-electron chi connectivity index (χ2n) is 3.18. The quantitative estimate of drug-likeness (QED) is 0.539. The molecule has 0 aromatic rings. The molecular weight excluding hydrogens is 156 g/mol. The van der Waals surface area contributed by atoms with E-state index in [1.807, 2.05) is 0 Å². The molecule has 0 atom stereocenters. The Bertz CT molecular complexity index is 185. The second kappa shape index (κ2) is 4.21. The molecule has 3 N–H and O–H groups in total. The molecule has 0 aliphatic carbocycles. The van der Waals surface area contributed by atoms with Crippen LogP contribution in [0.1, 0.15) is 19.3 Å². The lowest BCUT2D eigenvalue weighted by Crippen LogP contribution is -2.29. The molecular formula is C8H14N2O2. The van der Waals surface area contributed by atoms with Crippen molar-refractivity contribution in [3.63, 3.8) is 0 Å². The molecule has 0 bridgehead atoms. The maximum Gasteiger partial charge on any atom is 0.349 e. The first-order valence-corrected chi connectivity index (χ1v) is 4.21. The Morgan fingerprint density at radius 3 is 2.58 bits per heavy atom. The Morgan fingerprint density at radius 2 is 2.08 bits per heavy atom. The van der Waals surface area contributed by atoms with Gasteiger partial charge in [-0.1, -0.05) is 0 Å². The van der Waals surface area contributed by atoms with Crippen molar-refractivity contribution in [1.29, 1.82) is 5.41 Å². The van der Waals surface area contributed by atoms with Crippen LogP contribution in [0.2, 0.25) is 0 Å². The summed E-state index contributed by atoms with van der Waals surface area (Å²) >= 11 is 0. The lowest BCUT2D eigenvalue weighted by atomic mass is 9.92. The van der Waals surface area contributed by atoms with Crippen LogP contribution in [0.15, 0.2) is 0 Å². The average Bonchev–Trinajstić information content (AvgIpc) is 2.06. The summed E-state index contributed by atoms with van der Waals surface area (Å²) in [6.45, 7) is 1.91. The molecule has 0 aromatic heterocycles. The molecule has 68 valence electrons. The summed E-state index contributed by atoms with van der Waals surface area (Å²) in [6, 6.07) is 0. The van der Waals surface area contributed by atoms with Crippen LogP contribution in [0.5, 0.6) is 0 Å². The average molecular weight is 170 g/mol. The molecule has 12 heavy (non-hydrogen) atoms. The van der Waals surface area contributed by atoms with E-state index in [1.54, 1.807) is 0 Å². The van der Waals surface area contributed by atoms with Crippen molar-refractivity contribution in [2.75, 3.05) is 13.1 Å². The fourth-order valence-corrected chi connectivity index (χ4v) is 1.46. The van der Waals surface area contributed by atoms with Crippen LogP contribution in [0.3, 0.4) is 0 Å². The Balaban J connectivity index is 2.29. The topological polar surface area (TPSA) is 73.2 Å². The summed E-state index contributed by atoms with van der Waals surface area (Å²) in [4.78, 5) is 10.3. The Labute approximate surface area is 71.5 Å². The molecule has 0 spiro atoms. The predicted molar refractivity (Wildman–Crippen MR) is 45.6 cm³/mol. The second-order valence-corrected chi connectivity index (χ2v) is 3.18. The molecule has 0 unspecified atom stereocenters. The number of rotatable bonds is 3. The van der Waals surface area contributed by atoms with Crippen LogP contribution in [-0.2, 0) is 4.79 Å². The first-order valence-electron chi connectivity index (χ1n) is 4.21. The van der Waals surface area contributed by atoms with Crippen LogP contribution in [0.25, 0.3) is 0 Å². The highest BCUT2D eigenvalue weighted by Crippen LogP contribution is 2.15. The summed E-state index contributed by atoms with van der Waals surface area (Å²) in [5.74, 6) is -0.677. The van der Waals surface area contributed by atoms with Crippen LogP contribution in [-0.4, -0.2) is 29.9 Å². The Hall–Kier alpha value is -0.900. The first kappa shape index (κ1) is 9.19. The Kier molecular flexibility index (Phi) is 3.22. The van der Waals surface area contributed by atoms with Gasteiger partial charge >= 0.3 is 5.97 Å². The first-order chi connectivity index (χ1) is 5.70. The molecule has 1 aliphatic rings. The van der Waals surface area contributed by atoms with Gasteiger partial charge in [0.05, 0.1) is 0 Å². The van der Waals surface area contributed by atoms with Gasteiger partial charge < -0.3 is 10.4 Å². The lowest BCUT2D eigenvalue weighted by Gasteiger charge is -2.21. The minimum Gasteiger partial charge on any atom is -0.477 e. The SMILES string of the molecule is N=C(CC1CCNCC1)C(=O)O. The van der Waals surface area contributed by atoms with E-state index in [9.17, 15) is 4.79 Å². The van der Waals surface area contributed by atoms with E-state index >= 15 is 0 Å². The summed E-state index contributed by atoms with van der Waals surface area (Å²) in [5.41, 5.74) is -0.151. The van der Waals surface area contributed by atoms with Gasteiger partial charge in [0, 0.05) is 0 Å². The van der Waals surface area contributed by atoms with Crippen molar-refractivity contribution in [3.05, 3.63) is 0 Å². The maximum atomic E-state index is 10.3. The number of hydrogen-bond donors (Lipinski definition) is 3. The lowest BCUT2D eigenvalue weighted by molar-refractivity contribution is -0.129. The molecule has 1 aliphatic heterocycles.